The van der Waals surface area contributed by atoms with Gasteiger partial charge in [-0.15, -0.1) is 0 Å². The van der Waals surface area contributed by atoms with E-state index in [1.807, 2.05) is 0 Å². The number of aryl methyl sites for hydroxylation is 1. The average Bonchev–Trinajstić information content (AvgIpc) is 2.73. The van der Waals surface area contributed by atoms with E-state index in [-0.39, 0.29) is 17.1 Å². The van der Waals surface area contributed by atoms with Crippen LogP contribution in [0.25, 0.3) is 16.8 Å². The summed E-state index contributed by atoms with van der Waals surface area (Å²) in [6.07, 6.45) is 2.83. The number of ether oxygens (including phenoxy) is 1. The Morgan fingerprint density at radius 1 is 1.06 bits per heavy atom. The molecule has 0 atom stereocenters. The Morgan fingerprint density at radius 2 is 1.78 bits per heavy atom. The first-order chi connectivity index (χ1) is 15.2. The number of nitrogens with one attached hydrogen (secondary N) is 1. The summed E-state index contributed by atoms with van der Waals surface area (Å²) in [5.41, 5.74) is 1.57. The lowest BCUT2D eigenvalue weighted by atomic mass is 10.1. The minimum Gasteiger partial charge on any atom is -0.480 e. The third-order valence-electron chi connectivity index (χ3n) is 4.79. The summed E-state index contributed by atoms with van der Waals surface area (Å²) in [6, 6.07) is 8.80. The summed E-state index contributed by atoms with van der Waals surface area (Å²) in [7, 11) is -3.37. The van der Waals surface area contributed by atoms with E-state index in [1.165, 1.54) is 36.0 Å². The molecular weight excluding hydrogens is 442 g/mol. The minimum atomic E-state index is -4.64. The molecule has 0 radical (unpaired) electrons. The van der Waals surface area contributed by atoms with Crippen molar-refractivity contribution in [2.45, 2.75) is 11.8 Å². The second-order valence-electron chi connectivity index (χ2n) is 6.75. The maximum Gasteiger partial charge on any atom is 0.267 e. The number of benzene rings is 1. The van der Waals surface area contributed by atoms with Crippen LogP contribution in [0.5, 0.6) is 5.88 Å². The SMILES string of the molecule is COc1ncc(-c2ccc3nccc(=O)n3c2C)cc1NS(=O)(=O)c1c(F)cccc1F. The van der Waals surface area contributed by atoms with Gasteiger partial charge >= 0.3 is 0 Å². The maximum absolute atomic E-state index is 14.1. The van der Waals surface area contributed by atoms with Gasteiger partial charge in [0, 0.05) is 35.3 Å². The highest BCUT2D eigenvalue weighted by molar-refractivity contribution is 7.92. The van der Waals surface area contributed by atoms with Crippen molar-refractivity contribution in [2.24, 2.45) is 0 Å². The Morgan fingerprint density at radius 3 is 2.47 bits per heavy atom. The van der Waals surface area contributed by atoms with Gasteiger partial charge in [-0.25, -0.2) is 27.2 Å². The molecule has 0 aliphatic rings. The third-order valence-corrected chi connectivity index (χ3v) is 6.20. The number of aromatic nitrogens is 3. The second-order valence-corrected chi connectivity index (χ2v) is 8.37. The number of sulfonamides is 1. The first-order valence-corrected chi connectivity index (χ1v) is 10.7. The van der Waals surface area contributed by atoms with Gasteiger partial charge in [0.25, 0.3) is 15.6 Å². The van der Waals surface area contributed by atoms with E-state index >= 15 is 0 Å². The minimum absolute atomic E-state index is 0.105. The van der Waals surface area contributed by atoms with Gasteiger partial charge in [0.1, 0.15) is 23.0 Å². The van der Waals surface area contributed by atoms with Crippen LogP contribution >= 0.6 is 0 Å². The summed E-state index contributed by atoms with van der Waals surface area (Å²) in [4.78, 5) is 19.4. The highest BCUT2D eigenvalue weighted by Gasteiger charge is 2.25. The summed E-state index contributed by atoms with van der Waals surface area (Å²) < 4.78 is 62.2. The topological polar surface area (TPSA) is 103 Å². The van der Waals surface area contributed by atoms with Crippen LogP contribution in [-0.2, 0) is 10.0 Å². The maximum atomic E-state index is 14.1. The standard InChI is InChI=1S/C21H16F2N4O4S/c1-12-14(6-7-18-24-9-8-19(28)27(12)18)13-10-17(21(31-2)25-11-13)26-32(29,30)20-15(22)4-3-5-16(20)23/h3-11,26H,1-2H3. The van der Waals surface area contributed by atoms with Gasteiger partial charge in [0.2, 0.25) is 5.88 Å². The molecule has 1 aromatic carbocycles. The number of fused-ring (bicyclic) bond motifs is 1. The predicted octanol–water partition coefficient (Wildman–Crippen LogP) is 3.15. The molecule has 0 saturated carbocycles. The number of pyridine rings is 2. The van der Waals surface area contributed by atoms with Crippen LogP contribution in [-0.4, -0.2) is 29.9 Å². The molecule has 0 unspecified atom stereocenters. The first-order valence-electron chi connectivity index (χ1n) is 9.21. The Hall–Kier alpha value is -3.86. The molecule has 0 bridgehead atoms. The normalized spacial score (nSPS) is 11.5. The lowest BCUT2D eigenvalue weighted by Crippen LogP contribution is -2.17. The molecule has 1 N–H and O–H groups in total. The number of rotatable bonds is 5. The van der Waals surface area contributed by atoms with E-state index in [0.29, 0.717) is 22.5 Å². The van der Waals surface area contributed by atoms with Gasteiger partial charge in [-0.2, -0.15) is 0 Å². The summed E-state index contributed by atoms with van der Waals surface area (Å²) >= 11 is 0. The number of nitrogens with zero attached hydrogens (tertiary/aromatic N) is 3. The van der Waals surface area contributed by atoms with Crippen LogP contribution in [0.4, 0.5) is 14.5 Å². The average molecular weight is 458 g/mol. The lowest BCUT2D eigenvalue weighted by Gasteiger charge is -2.15. The summed E-state index contributed by atoms with van der Waals surface area (Å²) in [5, 5.41) is 0. The van der Waals surface area contributed by atoms with Crippen molar-refractivity contribution in [1.29, 1.82) is 0 Å². The van der Waals surface area contributed by atoms with Gasteiger partial charge < -0.3 is 4.74 Å². The molecule has 0 amide bonds. The molecule has 3 heterocycles. The number of hydrogen-bond donors (Lipinski definition) is 1. The Bertz CT molecular complexity index is 1500. The van der Waals surface area contributed by atoms with Crippen LogP contribution in [0.3, 0.4) is 0 Å². The Kier molecular flexibility index (Phi) is 5.35. The molecular formula is C21H16F2N4O4S. The third kappa shape index (κ3) is 3.66. The number of anilines is 1. The predicted molar refractivity (Wildman–Crippen MR) is 113 cm³/mol. The highest BCUT2D eigenvalue weighted by Crippen LogP contribution is 2.32. The quantitative estimate of drug-likeness (QED) is 0.493. The van der Waals surface area contributed by atoms with Crippen molar-refractivity contribution >= 4 is 21.4 Å². The molecule has 32 heavy (non-hydrogen) atoms. The van der Waals surface area contributed by atoms with E-state index in [4.69, 9.17) is 4.74 Å². The van der Waals surface area contributed by atoms with Crippen molar-refractivity contribution in [3.05, 3.63) is 82.5 Å². The van der Waals surface area contributed by atoms with Gasteiger partial charge in [-0.05, 0) is 37.3 Å². The smallest absolute Gasteiger partial charge is 0.267 e. The molecule has 4 aromatic rings. The molecule has 8 nitrogen and oxygen atoms in total. The molecule has 0 spiro atoms. The number of halogens is 2. The van der Waals surface area contributed by atoms with Crippen molar-refractivity contribution in [3.63, 3.8) is 0 Å². The second kappa shape index (κ2) is 8.00. The zero-order valence-corrected chi connectivity index (χ0v) is 17.7. The van der Waals surface area contributed by atoms with Crippen LogP contribution in [0, 0.1) is 18.6 Å². The summed E-state index contributed by atoms with van der Waals surface area (Å²) in [5.74, 6) is -2.58. The molecule has 164 valence electrons. The van der Waals surface area contributed by atoms with Crippen LogP contribution < -0.4 is 15.0 Å². The molecule has 0 saturated heterocycles. The van der Waals surface area contributed by atoms with Crippen molar-refractivity contribution in [1.82, 2.24) is 14.4 Å². The van der Waals surface area contributed by atoms with Crippen molar-refractivity contribution < 1.29 is 21.9 Å². The number of methoxy groups -OCH3 is 1. The Balaban J connectivity index is 1.85. The van der Waals surface area contributed by atoms with Crippen LogP contribution in [0.1, 0.15) is 5.69 Å². The molecule has 0 aliphatic carbocycles. The fraction of sp³-hybridized carbons (Fsp3) is 0.0952. The van der Waals surface area contributed by atoms with Crippen LogP contribution in [0.15, 0.2) is 64.5 Å². The van der Waals surface area contributed by atoms with E-state index in [1.54, 1.807) is 19.1 Å². The molecule has 0 aliphatic heterocycles. The monoisotopic (exact) mass is 458 g/mol. The van der Waals surface area contributed by atoms with Gasteiger partial charge in [-0.3, -0.25) is 13.9 Å². The van der Waals surface area contributed by atoms with E-state index in [0.717, 1.165) is 18.2 Å². The Labute approximate surface area is 181 Å². The lowest BCUT2D eigenvalue weighted by molar-refractivity contribution is 0.400. The summed E-state index contributed by atoms with van der Waals surface area (Å²) in [6.45, 7) is 1.70. The molecule has 11 heteroatoms. The zero-order valence-electron chi connectivity index (χ0n) is 16.8. The molecule has 3 aromatic heterocycles. The fourth-order valence-corrected chi connectivity index (χ4v) is 4.54. The van der Waals surface area contributed by atoms with Crippen molar-refractivity contribution in [2.75, 3.05) is 11.8 Å². The van der Waals surface area contributed by atoms with Crippen molar-refractivity contribution in [3.8, 4) is 17.0 Å². The zero-order chi connectivity index (χ0) is 23.0. The fourth-order valence-electron chi connectivity index (χ4n) is 3.35. The van der Waals surface area contributed by atoms with Gasteiger partial charge in [0.05, 0.1) is 7.11 Å². The van der Waals surface area contributed by atoms with Crippen LogP contribution in [0.2, 0.25) is 0 Å². The van der Waals surface area contributed by atoms with E-state index in [9.17, 15) is 22.0 Å². The molecule has 0 fully saturated rings. The molecule has 4 rings (SSSR count). The first kappa shape index (κ1) is 21.4. The largest absolute Gasteiger partial charge is 0.480 e. The van der Waals surface area contributed by atoms with E-state index in [2.05, 4.69) is 14.7 Å². The van der Waals surface area contributed by atoms with Gasteiger partial charge in [0.15, 0.2) is 4.90 Å². The van der Waals surface area contributed by atoms with E-state index < -0.39 is 26.6 Å². The number of hydrogen-bond acceptors (Lipinski definition) is 6. The van der Waals surface area contributed by atoms with Gasteiger partial charge in [-0.1, -0.05) is 6.07 Å². The highest BCUT2D eigenvalue weighted by atomic mass is 32.2.